The fraction of sp³-hybridized carbons (Fsp3) is 0.700. The van der Waals surface area contributed by atoms with Crippen LogP contribution in [0.1, 0.15) is 19.8 Å². The van der Waals surface area contributed by atoms with Crippen LogP contribution >= 0.6 is 0 Å². The number of nitrogens with one attached hydrogen (secondary N) is 2. The Bertz CT molecular complexity index is 261. The van der Waals surface area contributed by atoms with Gasteiger partial charge in [-0.05, 0) is 0 Å². The van der Waals surface area contributed by atoms with E-state index >= 15 is 0 Å². The third-order valence-corrected chi connectivity index (χ3v) is 3.84. The maximum atomic E-state index is 11.4. The molecule has 7 heteroatoms. The first-order chi connectivity index (χ1) is 8.13. The van der Waals surface area contributed by atoms with E-state index in [1.165, 1.54) is 0 Å². The molecule has 0 aromatic rings. The fourth-order valence-corrected chi connectivity index (χ4v) is 2.00. The second-order valence-corrected chi connectivity index (χ2v) is 4.90. The molecule has 17 heavy (non-hydrogen) atoms. The average Bonchev–Trinajstić information content (AvgIpc) is 2.33. The Hall–Kier alpha value is -0.508. The molecule has 0 rings (SSSR count). The standard InChI is InChI=1S/C10H17N2O4.Pb/c1-3-9(14)12-8(2)6-10(15)11-7-16-5-4-13;/h4,8H,2-3,5-7H2,1H3,(H,11,15)(H,12,14);. The summed E-state index contributed by atoms with van der Waals surface area (Å²) < 4.78 is 5.62. The zero-order valence-corrected chi connectivity index (χ0v) is 13.7. The van der Waals surface area contributed by atoms with Crippen LogP contribution in [-0.4, -0.2) is 63.2 Å². The average molecular weight is 436 g/mol. The van der Waals surface area contributed by atoms with Crippen molar-refractivity contribution in [2.45, 2.75) is 29.8 Å². The molecule has 0 aliphatic carbocycles. The first-order valence-electron chi connectivity index (χ1n) is 5.36. The van der Waals surface area contributed by atoms with Gasteiger partial charge in [-0.1, -0.05) is 0 Å². The number of rotatable bonds is 9. The van der Waals surface area contributed by atoms with Crippen LogP contribution in [0.5, 0.6) is 0 Å². The van der Waals surface area contributed by atoms with Crippen molar-refractivity contribution in [2.75, 3.05) is 13.3 Å². The Morgan fingerprint density at radius 2 is 2.12 bits per heavy atom. The van der Waals surface area contributed by atoms with Crippen LogP contribution in [0.15, 0.2) is 0 Å². The number of ether oxygens (including phenoxy) is 1. The third-order valence-electron chi connectivity index (χ3n) is 1.92. The second kappa shape index (κ2) is 10.6. The van der Waals surface area contributed by atoms with Crippen molar-refractivity contribution in [3.63, 3.8) is 0 Å². The number of amides is 2. The van der Waals surface area contributed by atoms with E-state index in [2.05, 4.69) is 10.6 Å². The van der Waals surface area contributed by atoms with Crippen molar-refractivity contribution in [2.24, 2.45) is 0 Å². The van der Waals surface area contributed by atoms with E-state index in [9.17, 15) is 14.4 Å². The second-order valence-electron chi connectivity index (χ2n) is 3.31. The molecule has 0 aromatic carbocycles. The molecule has 0 aromatic heterocycles. The Kier molecular flexibility index (Phi) is 10.3. The molecule has 95 valence electrons. The molecule has 0 aliphatic rings. The van der Waals surface area contributed by atoms with Gasteiger partial charge in [0, 0.05) is 0 Å². The normalized spacial score (nSPS) is 11.6. The van der Waals surface area contributed by atoms with E-state index in [1.807, 2.05) is 0 Å². The Labute approximate surface area is 117 Å². The van der Waals surface area contributed by atoms with Crippen molar-refractivity contribution >= 4 is 43.9 Å². The van der Waals surface area contributed by atoms with Gasteiger partial charge in [0.1, 0.15) is 0 Å². The van der Waals surface area contributed by atoms with E-state index in [0.717, 1.165) is 29.7 Å². The Balaban J connectivity index is 3.81. The van der Waals surface area contributed by atoms with Crippen molar-refractivity contribution in [1.82, 2.24) is 10.6 Å². The molecule has 0 heterocycles. The fourth-order valence-electron chi connectivity index (χ4n) is 1.04. The minimum atomic E-state index is -0.187. The maximum absolute atomic E-state index is 11.4. The minimum absolute atomic E-state index is 0.0210. The Morgan fingerprint density at radius 3 is 2.65 bits per heavy atom. The topological polar surface area (TPSA) is 84.5 Å². The molecule has 0 bridgehead atoms. The molecule has 3 radical (unpaired) electrons. The molecular formula is C10H17N2O4Pb. The van der Waals surface area contributed by atoms with Gasteiger partial charge in [0.25, 0.3) is 0 Å². The predicted octanol–water partition coefficient (Wildman–Crippen LogP) is -0.853. The molecule has 0 saturated heterocycles. The van der Waals surface area contributed by atoms with Crippen LogP contribution in [0, 0.1) is 0 Å². The van der Waals surface area contributed by atoms with E-state index in [-0.39, 0.29) is 37.6 Å². The summed E-state index contributed by atoms with van der Waals surface area (Å²) in [6.07, 6.45) is 1.29. The number of hydrogen-bond donors (Lipinski definition) is 2. The summed E-state index contributed by atoms with van der Waals surface area (Å²) in [5.41, 5.74) is 0. The quantitative estimate of drug-likeness (QED) is 0.213. The molecule has 0 aliphatic heterocycles. The molecule has 0 saturated carbocycles. The molecule has 1 atom stereocenters. The summed E-state index contributed by atoms with van der Waals surface area (Å²) in [7, 11) is 0. The molecule has 1 unspecified atom stereocenters. The number of hydrogen-bond acceptors (Lipinski definition) is 4. The number of carbonyl (C=O) groups is 3. The van der Waals surface area contributed by atoms with Crippen LogP contribution < -0.4 is 10.6 Å². The van der Waals surface area contributed by atoms with Gasteiger partial charge >= 0.3 is 117 Å². The SMILES string of the molecule is CCC(=O)NC([CH2][Pb])CC(=O)NCOCC=O. The van der Waals surface area contributed by atoms with Crippen LogP contribution in [0.2, 0.25) is 3.98 Å². The molecular weight excluding hydrogens is 419 g/mol. The van der Waals surface area contributed by atoms with Crippen molar-refractivity contribution in [3.05, 3.63) is 0 Å². The number of carbonyl (C=O) groups excluding carboxylic acids is 3. The Morgan fingerprint density at radius 1 is 1.41 bits per heavy atom. The summed E-state index contributed by atoms with van der Waals surface area (Å²) in [6.45, 7) is 1.76. The first-order valence-corrected chi connectivity index (χ1v) is 8.10. The summed E-state index contributed by atoms with van der Waals surface area (Å²) in [5, 5.41) is 5.30. The molecule has 2 amide bonds. The summed E-state index contributed by atoms with van der Waals surface area (Å²) in [4.78, 5) is 32.5. The van der Waals surface area contributed by atoms with Crippen LogP contribution in [0.4, 0.5) is 0 Å². The van der Waals surface area contributed by atoms with Gasteiger partial charge in [0.05, 0.1) is 0 Å². The number of aldehydes is 1. The third kappa shape index (κ3) is 9.22. The van der Waals surface area contributed by atoms with Crippen LogP contribution in [0.25, 0.3) is 0 Å². The summed E-state index contributed by atoms with van der Waals surface area (Å²) >= 11 is 0.919. The van der Waals surface area contributed by atoms with Gasteiger partial charge in [0.15, 0.2) is 0 Å². The van der Waals surface area contributed by atoms with E-state index in [0.29, 0.717) is 12.7 Å². The van der Waals surface area contributed by atoms with E-state index in [4.69, 9.17) is 4.74 Å². The molecule has 0 fully saturated rings. The zero-order chi connectivity index (χ0) is 13.1. The van der Waals surface area contributed by atoms with Gasteiger partial charge in [0.2, 0.25) is 0 Å². The van der Waals surface area contributed by atoms with Gasteiger partial charge < -0.3 is 0 Å². The van der Waals surface area contributed by atoms with Crippen molar-refractivity contribution < 1.29 is 19.1 Å². The first kappa shape index (κ1) is 16.5. The van der Waals surface area contributed by atoms with Crippen molar-refractivity contribution in [3.8, 4) is 0 Å². The van der Waals surface area contributed by atoms with Gasteiger partial charge in [-0.2, -0.15) is 0 Å². The summed E-state index contributed by atoms with van der Waals surface area (Å²) in [5.74, 6) is -0.232. The zero-order valence-electron chi connectivity index (χ0n) is 9.82. The van der Waals surface area contributed by atoms with E-state index < -0.39 is 0 Å². The molecule has 6 nitrogen and oxygen atoms in total. The van der Waals surface area contributed by atoms with Gasteiger partial charge in [-0.25, -0.2) is 0 Å². The summed E-state index contributed by atoms with van der Waals surface area (Å²) in [6, 6.07) is -0.0970. The van der Waals surface area contributed by atoms with E-state index in [1.54, 1.807) is 6.92 Å². The van der Waals surface area contributed by atoms with Crippen LogP contribution in [0.3, 0.4) is 0 Å². The predicted molar refractivity (Wildman–Crippen MR) is 62.4 cm³/mol. The molecule has 0 spiro atoms. The molecule has 2 N–H and O–H groups in total. The van der Waals surface area contributed by atoms with Crippen molar-refractivity contribution in [1.29, 1.82) is 0 Å². The van der Waals surface area contributed by atoms with Crippen LogP contribution in [-0.2, 0) is 19.1 Å². The monoisotopic (exact) mass is 437 g/mol. The van der Waals surface area contributed by atoms with Gasteiger partial charge in [-0.15, -0.1) is 0 Å². The van der Waals surface area contributed by atoms with Gasteiger partial charge in [-0.3, -0.25) is 0 Å².